The van der Waals surface area contributed by atoms with Gasteiger partial charge < -0.3 is 0 Å². The standard InChI is InChI=1S/C8H9N3S/c1-5(2)7-3-6-4-9-12-8(6)11-10-7/h3-5H,1-2H3. The Hall–Kier alpha value is -1.03. The largest absolute Gasteiger partial charge is 0.198 e. The Morgan fingerprint density at radius 3 is 2.92 bits per heavy atom. The van der Waals surface area contributed by atoms with Crippen molar-refractivity contribution in [3.05, 3.63) is 18.0 Å². The van der Waals surface area contributed by atoms with Crippen LogP contribution in [0.15, 0.2) is 12.3 Å². The van der Waals surface area contributed by atoms with Gasteiger partial charge in [0, 0.05) is 5.39 Å². The minimum atomic E-state index is 0.432. The molecule has 0 N–H and O–H groups in total. The molecule has 2 aromatic heterocycles. The highest BCUT2D eigenvalue weighted by molar-refractivity contribution is 7.12. The zero-order valence-corrected chi connectivity index (χ0v) is 7.80. The van der Waals surface area contributed by atoms with Crippen LogP contribution in [0.3, 0.4) is 0 Å². The van der Waals surface area contributed by atoms with Crippen molar-refractivity contribution in [2.24, 2.45) is 0 Å². The third kappa shape index (κ3) is 1.18. The van der Waals surface area contributed by atoms with Gasteiger partial charge in [0.2, 0.25) is 0 Å². The van der Waals surface area contributed by atoms with E-state index in [0.717, 1.165) is 15.9 Å². The highest BCUT2D eigenvalue weighted by atomic mass is 32.1. The molecule has 0 aliphatic heterocycles. The van der Waals surface area contributed by atoms with E-state index >= 15 is 0 Å². The maximum Gasteiger partial charge on any atom is 0.165 e. The minimum absolute atomic E-state index is 0.432. The van der Waals surface area contributed by atoms with Crippen molar-refractivity contribution < 1.29 is 0 Å². The SMILES string of the molecule is CC(C)c1cc2cnsc2nn1. The summed E-state index contributed by atoms with van der Waals surface area (Å²) in [5.41, 5.74) is 1.03. The van der Waals surface area contributed by atoms with Gasteiger partial charge in [-0.05, 0) is 23.5 Å². The lowest BCUT2D eigenvalue weighted by atomic mass is 10.1. The van der Waals surface area contributed by atoms with Gasteiger partial charge in [-0.15, -0.1) is 5.10 Å². The summed E-state index contributed by atoms with van der Waals surface area (Å²) >= 11 is 1.38. The second-order valence-corrected chi connectivity index (χ2v) is 3.79. The highest BCUT2D eigenvalue weighted by Crippen LogP contribution is 2.18. The molecule has 3 nitrogen and oxygen atoms in total. The summed E-state index contributed by atoms with van der Waals surface area (Å²) < 4.78 is 4.04. The molecule has 62 valence electrons. The average Bonchev–Trinajstić information content (AvgIpc) is 2.49. The van der Waals surface area contributed by atoms with Crippen molar-refractivity contribution in [2.75, 3.05) is 0 Å². The van der Waals surface area contributed by atoms with Gasteiger partial charge in [0.15, 0.2) is 4.83 Å². The summed E-state index contributed by atoms with van der Waals surface area (Å²) in [6.45, 7) is 4.21. The molecule has 0 aromatic carbocycles. The van der Waals surface area contributed by atoms with E-state index in [9.17, 15) is 0 Å². The van der Waals surface area contributed by atoms with Crippen LogP contribution in [0.1, 0.15) is 25.5 Å². The summed E-state index contributed by atoms with van der Waals surface area (Å²) in [7, 11) is 0. The molecule has 4 heteroatoms. The maximum atomic E-state index is 4.10. The fourth-order valence-electron chi connectivity index (χ4n) is 0.989. The van der Waals surface area contributed by atoms with Gasteiger partial charge in [-0.1, -0.05) is 13.8 Å². The van der Waals surface area contributed by atoms with Crippen molar-refractivity contribution in [1.82, 2.24) is 14.6 Å². The van der Waals surface area contributed by atoms with Gasteiger partial charge in [0.1, 0.15) is 0 Å². The van der Waals surface area contributed by atoms with Crippen LogP contribution >= 0.6 is 11.5 Å². The van der Waals surface area contributed by atoms with Crippen LogP contribution in [0.2, 0.25) is 0 Å². The number of rotatable bonds is 1. The first-order valence-corrected chi connectivity index (χ1v) is 4.62. The van der Waals surface area contributed by atoms with Crippen LogP contribution in [-0.4, -0.2) is 14.6 Å². The van der Waals surface area contributed by atoms with E-state index in [-0.39, 0.29) is 0 Å². The second kappa shape index (κ2) is 2.79. The van der Waals surface area contributed by atoms with Crippen LogP contribution in [0.4, 0.5) is 0 Å². The van der Waals surface area contributed by atoms with E-state index in [4.69, 9.17) is 0 Å². The van der Waals surface area contributed by atoms with E-state index in [1.54, 1.807) is 0 Å². The van der Waals surface area contributed by atoms with Gasteiger partial charge in [0.05, 0.1) is 11.9 Å². The van der Waals surface area contributed by atoms with Crippen molar-refractivity contribution >= 4 is 21.7 Å². The molecule has 0 amide bonds. The zero-order valence-electron chi connectivity index (χ0n) is 6.98. The van der Waals surface area contributed by atoms with E-state index in [2.05, 4.69) is 34.5 Å². The quantitative estimate of drug-likeness (QED) is 0.673. The fourth-order valence-corrected chi connectivity index (χ4v) is 1.55. The van der Waals surface area contributed by atoms with E-state index < -0.39 is 0 Å². The lowest BCUT2D eigenvalue weighted by Crippen LogP contribution is -1.93. The van der Waals surface area contributed by atoms with Crippen LogP contribution in [0.5, 0.6) is 0 Å². The number of hydrogen-bond donors (Lipinski definition) is 0. The minimum Gasteiger partial charge on any atom is -0.198 e. The number of nitrogens with zero attached hydrogens (tertiary/aromatic N) is 3. The number of hydrogen-bond acceptors (Lipinski definition) is 4. The summed E-state index contributed by atoms with van der Waals surface area (Å²) in [4.78, 5) is 0.916. The molecule has 0 radical (unpaired) electrons. The molecular weight excluding hydrogens is 170 g/mol. The van der Waals surface area contributed by atoms with Crippen LogP contribution in [0, 0.1) is 0 Å². The van der Waals surface area contributed by atoms with Gasteiger partial charge >= 0.3 is 0 Å². The molecule has 0 saturated carbocycles. The average molecular weight is 179 g/mol. The zero-order chi connectivity index (χ0) is 8.55. The normalized spacial score (nSPS) is 11.2. The third-order valence-electron chi connectivity index (χ3n) is 1.73. The smallest absolute Gasteiger partial charge is 0.165 e. The van der Waals surface area contributed by atoms with Crippen LogP contribution in [0.25, 0.3) is 10.2 Å². The van der Waals surface area contributed by atoms with E-state index in [1.807, 2.05) is 6.20 Å². The summed E-state index contributed by atoms with van der Waals surface area (Å²) in [5.74, 6) is 0.432. The Morgan fingerprint density at radius 2 is 2.17 bits per heavy atom. The lowest BCUT2D eigenvalue weighted by molar-refractivity contribution is 0.796. The van der Waals surface area contributed by atoms with Crippen molar-refractivity contribution in [3.8, 4) is 0 Å². The Kier molecular flexibility index (Phi) is 1.77. The maximum absolute atomic E-state index is 4.10. The monoisotopic (exact) mass is 179 g/mol. The molecule has 0 aliphatic rings. The Morgan fingerprint density at radius 1 is 1.33 bits per heavy atom. The summed E-state index contributed by atoms with van der Waals surface area (Å²) in [6.07, 6.45) is 1.83. The van der Waals surface area contributed by atoms with Gasteiger partial charge in [-0.3, -0.25) is 0 Å². The molecule has 2 heterocycles. The molecule has 0 unspecified atom stereocenters. The molecule has 0 spiro atoms. The fraction of sp³-hybridized carbons (Fsp3) is 0.375. The second-order valence-electron chi connectivity index (χ2n) is 3.01. The van der Waals surface area contributed by atoms with Crippen LogP contribution < -0.4 is 0 Å². The lowest BCUT2D eigenvalue weighted by Gasteiger charge is -2.00. The summed E-state index contributed by atoms with van der Waals surface area (Å²) in [5, 5.41) is 9.26. The molecule has 2 aromatic rings. The van der Waals surface area contributed by atoms with E-state index in [0.29, 0.717) is 5.92 Å². The van der Waals surface area contributed by atoms with Crippen molar-refractivity contribution in [2.45, 2.75) is 19.8 Å². The number of fused-ring (bicyclic) bond motifs is 1. The van der Waals surface area contributed by atoms with E-state index in [1.165, 1.54) is 11.5 Å². The predicted molar refractivity (Wildman–Crippen MR) is 49.3 cm³/mol. The van der Waals surface area contributed by atoms with Crippen molar-refractivity contribution in [1.29, 1.82) is 0 Å². The molecule has 12 heavy (non-hydrogen) atoms. The molecule has 0 fully saturated rings. The van der Waals surface area contributed by atoms with Crippen molar-refractivity contribution in [3.63, 3.8) is 0 Å². The Balaban J connectivity index is 2.60. The Labute approximate surface area is 74.6 Å². The number of aromatic nitrogens is 3. The molecule has 2 rings (SSSR count). The van der Waals surface area contributed by atoms with Gasteiger partial charge in [-0.2, -0.15) is 9.47 Å². The summed E-state index contributed by atoms with van der Waals surface area (Å²) in [6, 6.07) is 2.05. The third-order valence-corrected chi connectivity index (χ3v) is 2.43. The van der Waals surface area contributed by atoms with Gasteiger partial charge in [-0.25, -0.2) is 0 Å². The molecule has 0 atom stereocenters. The first-order chi connectivity index (χ1) is 5.77. The Bertz CT molecular complexity index is 394. The van der Waals surface area contributed by atoms with Gasteiger partial charge in [0.25, 0.3) is 0 Å². The highest BCUT2D eigenvalue weighted by Gasteiger charge is 2.04. The molecule has 0 saturated heterocycles. The first-order valence-electron chi connectivity index (χ1n) is 3.85. The first kappa shape index (κ1) is 7.61. The molecule has 0 bridgehead atoms. The molecule has 0 aliphatic carbocycles. The topological polar surface area (TPSA) is 38.7 Å². The molecular formula is C8H9N3S. The predicted octanol–water partition coefficient (Wildman–Crippen LogP) is 2.21. The van der Waals surface area contributed by atoms with Crippen LogP contribution in [-0.2, 0) is 0 Å².